The lowest BCUT2D eigenvalue weighted by Crippen LogP contribution is -2.54. The minimum atomic E-state index is -0.840. The van der Waals surface area contributed by atoms with E-state index in [0.717, 1.165) is 0 Å². The summed E-state index contributed by atoms with van der Waals surface area (Å²) in [5, 5.41) is 18.4. The van der Waals surface area contributed by atoms with Gasteiger partial charge in [-0.05, 0) is 12.1 Å². The van der Waals surface area contributed by atoms with Gasteiger partial charge in [0.1, 0.15) is 0 Å². The Morgan fingerprint density at radius 3 is 2.65 bits per heavy atom. The number of phenols is 1. The maximum Gasteiger partial charge on any atom is 0.306 e. The van der Waals surface area contributed by atoms with Gasteiger partial charge in [0.05, 0.1) is 5.92 Å². The number of carboxylic acids is 1. The highest BCUT2D eigenvalue weighted by molar-refractivity contribution is 5.79. The van der Waals surface area contributed by atoms with E-state index in [4.69, 9.17) is 9.84 Å². The second-order valence-electron chi connectivity index (χ2n) is 4.94. The Balaban J connectivity index is 1.78. The topological polar surface area (TPSA) is 87.1 Å². The van der Waals surface area contributed by atoms with Gasteiger partial charge in [0.15, 0.2) is 18.1 Å². The van der Waals surface area contributed by atoms with E-state index >= 15 is 0 Å². The van der Waals surface area contributed by atoms with Crippen molar-refractivity contribution in [1.82, 2.24) is 4.90 Å². The third-order valence-electron chi connectivity index (χ3n) is 3.58. The van der Waals surface area contributed by atoms with Crippen LogP contribution in [0.5, 0.6) is 11.5 Å². The molecule has 1 aliphatic rings. The zero-order valence-electron chi connectivity index (χ0n) is 11.2. The van der Waals surface area contributed by atoms with Crippen LogP contribution in [0.4, 0.5) is 0 Å². The molecule has 1 fully saturated rings. The van der Waals surface area contributed by atoms with Gasteiger partial charge in [0, 0.05) is 19.0 Å². The first-order chi connectivity index (χ1) is 9.49. The number of rotatable bonds is 5. The van der Waals surface area contributed by atoms with Crippen molar-refractivity contribution in [3.05, 3.63) is 24.3 Å². The fourth-order valence-corrected chi connectivity index (χ4v) is 2.04. The summed E-state index contributed by atoms with van der Waals surface area (Å²) in [6, 6.07) is 6.42. The third-order valence-corrected chi connectivity index (χ3v) is 3.58. The van der Waals surface area contributed by atoms with Crippen molar-refractivity contribution < 1.29 is 24.5 Å². The van der Waals surface area contributed by atoms with Crippen molar-refractivity contribution in [1.29, 1.82) is 0 Å². The Bertz CT molecular complexity index is 510. The van der Waals surface area contributed by atoms with E-state index in [2.05, 4.69) is 0 Å². The number of hydrogen-bond acceptors (Lipinski definition) is 4. The van der Waals surface area contributed by atoms with E-state index < -0.39 is 11.9 Å². The molecule has 2 N–H and O–H groups in total. The van der Waals surface area contributed by atoms with Crippen molar-refractivity contribution in [3.63, 3.8) is 0 Å². The van der Waals surface area contributed by atoms with Crippen LogP contribution in [-0.2, 0) is 9.59 Å². The molecule has 20 heavy (non-hydrogen) atoms. The van der Waals surface area contributed by atoms with E-state index in [9.17, 15) is 14.7 Å². The van der Waals surface area contributed by atoms with E-state index in [1.807, 2.05) is 0 Å². The molecule has 1 aromatic rings. The first-order valence-electron chi connectivity index (χ1n) is 6.40. The molecule has 1 saturated heterocycles. The summed E-state index contributed by atoms with van der Waals surface area (Å²) in [6.07, 6.45) is 0. The van der Waals surface area contributed by atoms with Crippen LogP contribution < -0.4 is 4.74 Å². The summed E-state index contributed by atoms with van der Waals surface area (Å²) in [5.41, 5.74) is 0. The lowest BCUT2D eigenvalue weighted by Gasteiger charge is -2.41. The SMILES string of the molecule is CC(C(=O)O)C1CN(C(=O)COc2ccccc2O)C1. The lowest BCUT2D eigenvalue weighted by molar-refractivity contribution is -0.151. The Kier molecular flexibility index (Phi) is 4.12. The van der Waals surface area contributed by atoms with E-state index in [1.54, 1.807) is 30.0 Å². The van der Waals surface area contributed by atoms with Gasteiger partial charge < -0.3 is 19.8 Å². The molecule has 2 rings (SSSR count). The number of ether oxygens (including phenoxy) is 1. The number of likely N-dealkylation sites (tertiary alicyclic amines) is 1. The number of carbonyl (C=O) groups excluding carboxylic acids is 1. The standard InChI is InChI=1S/C14H17NO5/c1-9(14(18)19)10-6-15(7-10)13(17)8-20-12-5-3-2-4-11(12)16/h2-5,9-10,16H,6-8H2,1H3,(H,18,19). The molecule has 0 radical (unpaired) electrons. The van der Waals surface area contributed by atoms with Gasteiger partial charge in [-0.1, -0.05) is 19.1 Å². The molecule has 1 heterocycles. The highest BCUT2D eigenvalue weighted by Crippen LogP contribution is 2.26. The minimum absolute atomic E-state index is 0.00146. The maximum absolute atomic E-state index is 11.8. The average molecular weight is 279 g/mol. The van der Waals surface area contributed by atoms with Gasteiger partial charge in [-0.25, -0.2) is 0 Å². The summed E-state index contributed by atoms with van der Waals surface area (Å²) in [7, 11) is 0. The van der Waals surface area contributed by atoms with Crippen molar-refractivity contribution >= 4 is 11.9 Å². The Labute approximate surface area is 116 Å². The Hall–Kier alpha value is -2.24. The van der Waals surface area contributed by atoms with Crippen LogP contribution >= 0.6 is 0 Å². The van der Waals surface area contributed by atoms with Gasteiger partial charge in [-0.2, -0.15) is 0 Å². The van der Waals surface area contributed by atoms with E-state index in [0.29, 0.717) is 13.1 Å². The van der Waals surface area contributed by atoms with Crippen LogP contribution in [0.15, 0.2) is 24.3 Å². The summed E-state index contributed by atoms with van der Waals surface area (Å²) in [6.45, 7) is 2.37. The zero-order valence-corrected chi connectivity index (χ0v) is 11.2. The second kappa shape index (κ2) is 5.81. The number of aromatic hydroxyl groups is 1. The van der Waals surface area contributed by atoms with Gasteiger partial charge in [0.2, 0.25) is 0 Å². The van der Waals surface area contributed by atoms with Gasteiger partial charge in [-0.15, -0.1) is 0 Å². The number of hydrogen-bond donors (Lipinski definition) is 2. The first-order valence-corrected chi connectivity index (χ1v) is 6.40. The van der Waals surface area contributed by atoms with Crippen molar-refractivity contribution in [2.75, 3.05) is 19.7 Å². The smallest absolute Gasteiger partial charge is 0.306 e. The fraction of sp³-hybridized carbons (Fsp3) is 0.429. The van der Waals surface area contributed by atoms with Crippen LogP contribution in [0, 0.1) is 11.8 Å². The minimum Gasteiger partial charge on any atom is -0.504 e. The summed E-state index contributed by atoms with van der Waals surface area (Å²) < 4.78 is 5.24. The highest BCUT2D eigenvalue weighted by atomic mass is 16.5. The maximum atomic E-state index is 11.8. The second-order valence-corrected chi connectivity index (χ2v) is 4.94. The lowest BCUT2D eigenvalue weighted by atomic mass is 9.87. The predicted octanol–water partition coefficient (Wildman–Crippen LogP) is 0.950. The fourth-order valence-electron chi connectivity index (χ4n) is 2.04. The molecule has 1 aliphatic heterocycles. The van der Waals surface area contributed by atoms with E-state index in [1.165, 1.54) is 6.07 Å². The third kappa shape index (κ3) is 3.01. The molecule has 6 heteroatoms. The number of carbonyl (C=O) groups is 2. The number of nitrogens with zero attached hydrogens (tertiary/aromatic N) is 1. The highest BCUT2D eigenvalue weighted by Gasteiger charge is 2.37. The normalized spacial score (nSPS) is 16.4. The van der Waals surface area contributed by atoms with Crippen LogP contribution in [0.25, 0.3) is 0 Å². The largest absolute Gasteiger partial charge is 0.504 e. The predicted molar refractivity (Wildman–Crippen MR) is 70.5 cm³/mol. The molecule has 0 aromatic heterocycles. The van der Waals surface area contributed by atoms with Crippen molar-refractivity contribution in [2.45, 2.75) is 6.92 Å². The van der Waals surface area contributed by atoms with Gasteiger partial charge in [0.25, 0.3) is 5.91 Å². The number of benzene rings is 1. The van der Waals surface area contributed by atoms with Crippen LogP contribution in [0.3, 0.4) is 0 Å². The number of phenolic OH excluding ortho intramolecular Hbond substituents is 1. The zero-order chi connectivity index (χ0) is 14.7. The molecule has 0 bridgehead atoms. The molecule has 0 saturated carbocycles. The number of amides is 1. The molecule has 0 aliphatic carbocycles. The average Bonchev–Trinajstić information content (AvgIpc) is 2.35. The number of aliphatic carboxylic acids is 1. The molecule has 108 valence electrons. The van der Waals surface area contributed by atoms with Crippen molar-refractivity contribution in [2.24, 2.45) is 11.8 Å². The summed E-state index contributed by atoms with van der Waals surface area (Å²) in [5.74, 6) is -1.24. The van der Waals surface area contributed by atoms with Crippen LogP contribution in [-0.4, -0.2) is 46.7 Å². The Morgan fingerprint density at radius 1 is 1.40 bits per heavy atom. The molecule has 1 amide bonds. The molecule has 6 nitrogen and oxygen atoms in total. The quantitative estimate of drug-likeness (QED) is 0.838. The molecule has 1 unspecified atom stereocenters. The molecular formula is C14H17NO5. The molecule has 0 spiro atoms. The number of carboxylic acid groups (broad SMARTS) is 1. The molecular weight excluding hydrogens is 262 g/mol. The van der Waals surface area contributed by atoms with Gasteiger partial charge in [-0.3, -0.25) is 9.59 Å². The number of para-hydroxylation sites is 2. The molecule has 1 atom stereocenters. The summed E-state index contributed by atoms with van der Waals surface area (Å²) >= 11 is 0. The first kappa shape index (κ1) is 14.2. The van der Waals surface area contributed by atoms with Crippen LogP contribution in [0.2, 0.25) is 0 Å². The van der Waals surface area contributed by atoms with Crippen molar-refractivity contribution in [3.8, 4) is 11.5 Å². The van der Waals surface area contributed by atoms with Crippen LogP contribution in [0.1, 0.15) is 6.92 Å². The van der Waals surface area contributed by atoms with Gasteiger partial charge >= 0.3 is 5.97 Å². The molecule has 1 aromatic carbocycles. The Morgan fingerprint density at radius 2 is 2.05 bits per heavy atom. The van der Waals surface area contributed by atoms with E-state index in [-0.39, 0.29) is 29.9 Å². The summed E-state index contributed by atoms with van der Waals surface area (Å²) in [4.78, 5) is 24.2. The monoisotopic (exact) mass is 279 g/mol.